The number of H-pyrrole nitrogens is 1. The normalized spacial score (nSPS) is 11.3. The molecule has 0 aliphatic heterocycles. The Balaban J connectivity index is 1.52. The van der Waals surface area contributed by atoms with Crippen molar-refractivity contribution in [2.24, 2.45) is 7.05 Å². The first-order valence-electron chi connectivity index (χ1n) is 9.53. The molecule has 0 radical (unpaired) electrons. The summed E-state index contributed by atoms with van der Waals surface area (Å²) in [6.07, 6.45) is 0.474. The van der Waals surface area contributed by atoms with Gasteiger partial charge < -0.3 is 19.5 Å². The van der Waals surface area contributed by atoms with E-state index in [9.17, 15) is 15.0 Å². The van der Waals surface area contributed by atoms with Crippen LogP contribution in [0.15, 0.2) is 29.1 Å². The molecule has 0 saturated carbocycles. The standard InChI is InChI=1S/C22H23N3O4S/c1-11-12(2)20(26)13(3)18-19(11)25(4)17(23-18)10-29-15-7-5-14(6-8-15)9-16-21(27)24-22(28)30-16/h5-8,26-27H,9-10H2,1-4H3,(H,24,28). The molecule has 0 amide bonds. The van der Waals surface area contributed by atoms with Crippen LogP contribution in [-0.2, 0) is 20.1 Å². The highest BCUT2D eigenvalue weighted by Crippen LogP contribution is 2.34. The maximum atomic E-state index is 11.3. The number of nitrogens with zero attached hydrogens (tertiary/aromatic N) is 2. The van der Waals surface area contributed by atoms with E-state index in [1.807, 2.05) is 56.7 Å². The van der Waals surface area contributed by atoms with Crippen LogP contribution >= 0.6 is 11.3 Å². The van der Waals surface area contributed by atoms with Crippen molar-refractivity contribution in [2.75, 3.05) is 0 Å². The average Bonchev–Trinajstić information content (AvgIpc) is 3.22. The number of phenolic OH excluding ortho intramolecular Hbond substituents is 1. The molecule has 0 aliphatic carbocycles. The first kappa shape index (κ1) is 20.0. The number of aromatic hydroxyl groups is 2. The Bertz CT molecular complexity index is 1300. The lowest BCUT2D eigenvalue weighted by atomic mass is 10.0. The second kappa shape index (κ2) is 7.53. The smallest absolute Gasteiger partial charge is 0.307 e. The molecule has 30 heavy (non-hydrogen) atoms. The number of rotatable bonds is 5. The second-order valence-corrected chi connectivity index (χ2v) is 8.47. The maximum Gasteiger partial charge on any atom is 0.307 e. The Labute approximate surface area is 177 Å². The predicted octanol–water partition coefficient (Wildman–Crippen LogP) is 3.83. The molecule has 7 nitrogen and oxygen atoms in total. The van der Waals surface area contributed by atoms with E-state index in [1.165, 1.54) is 0 Å². The fourth-order valence-electron chi connectivity index (χ4n) is 3.62. The molecule has 4 aromatic rings. The van der Waals surface area contributed by atoms with Gasteiger partial charge >= 0.3 is 4.87 Å². The molecular weight excluding hydrogens is 402 g/mol. The van der Waals surface area contributed by atoms with Crippen molar-refractivity contribution in [3.05, 3.63) is 66.9 Å². The molecule has 0 saturated heterocycles. The van der Waals surface area contributed by atoms with Gasteiger partial charge in [-0.1, -0.05) is 23.5 Å². The topological polar surface area (TPSA) is 100 Å². The molecule has 2 aromatic carbocycles. The van der Waals surface area contributed by atoms with E-state index in [-0.39, 0.29) is 10.8 Å². The Hall–Kier alpha value is -3.26. The van der Waals surface area contributed by atoms with Crippen LogP contribution in [0.4, 0.5) is 0 Å². The van der Waals surface area contributed by atoms with Gasteiger partial charge in [0.15, 0.2) is 0 Å². The number of imidazole rings is 1. The molecule has 2 aromatic heterocycles. The van der Waals surface area contributed by atoms with Crippen molar-refractivity contribution >= 4 is 22.4 Å². The lowest BCUT2D eigenvalue weighted by Gasteiger charge is -2.10. The van der Waals surface area contributed by atoms with E-state index in [2.05, 4.69) is 4.98 Å². The first-order valence-corrected chi connectivity index (χ1v) is 10.3. The molecule has 0 unspecified atom stereocenters. The molecule has 8 heteroatoms. The van der Waals surface area contributed by atoms with Gasteiger partial charge in [0, 0.05) is 19.0 Å². The van der Waals surface area contributed by atoms with Gasteiger partial charge in [0.05, 0.1) is 15.9 Å². The van der Waals surface area contributed by atoms with E-state index >= 15 is 0 Å². The highest BCUT2D eigenvalue weighted by atomic mass is 32.1. The number of hydrogen-bond donors (Lipinski definition) is 3. The summed E-state index contributed by atoms with van der Waals surface area (Å²) in [6.45, 7) is 6.07. The fourth-order valence-corrected chi connectivity index (χ4v) is 4.38. The number of thiazole rings is 1. The molecule has 0 fully saturated rings. The van der Waals surface area contributed by atoms with Crippen LogP contribution in [0.2, 0.25) is 0 Å². The molecule has 3 N–H and O–H groups in total. The summed E-state index contributed by atoms with van der Waals surface area (Å²) in [4.78, 5) is 18.7. The minimum absolute atomic E-state index is 0.0703. The Morgan fingerprint density at radius 1 is 1.10 bits per heavy atom. The molecule has 0 aliphatic rings. The summed E-state index contributed by atoms with van der Waals surface area (Å²) in [5.41, 5.74) is 5.40. The summed E-state index contributed by atoms with van der Waals surface area (Å²) < 4.78 is 7.94. The van der Waals surface area contributed by atoms with E-state index in [0.717, 1.165) is 50.4 Å². The number of nitrogens with one attached hydrogen (secondary N) is 1. The van der Waals surface area contributed by atoms with Crippen LogP contribution in [0.5, 0.6) is 17.4 Å². The zero-order valence-electron chi connectivity index (χ0n) is 17.2. The number of aromatic amines is 1. The van der Waals surface area contributed by atoms with E-state index in [0.29, 0.717) is 29.4 Å². The largest absolute Gasteiger partial charge is 0.507 e. The predicted molar refractivity (Wildman–Crippen MR) is 117 cm³/mol. The van der Waals surface area contributed by atoms with Crippen molar-refractivity contribution < 1.29 is 14.9 Å². The quantitative estimate of drug-likeness (QED) is 0.451. The first-order chi connectivity index (χ1) is 14.3. The number of phenols is 1. The van der Waals surface area contributed by atoms with Gasteiger partial charge in [-0.05, 0) is 49.6 Å². The minimum atomic E-state index is -0.265. The lowest BCUT2D eigenvalue weighted by Crippen LogP contribution is -2.04. The number of fused-ring (bicyclic) bond motifs is 1. The minimum Gasteiger partial charge on any atom is -0.507 e. The van der Waals surface area contributed by atoms with Gasteiger partial charge in [-0.2, -0.15) is 0 Å². The maximum absolute atomic E-state index is 11.3. The van der Waals surface area contributed by atoms with Crippen LogP contribution in [0.1, 0.15) is 33.0 Å². The van der Waals surface area contributed by atoms with Crippen molar-refractivity contribution in [2.45, 2.75) is 33.8 Å². The number of ether oxygens (including phenoxy) is 1. The monoisotopic (exact) mass is 425 g/mol. The zero-order valence-corrected chi connectivity index (χ0v) is 18.1. The van der Waals surface area contributed by atoms with Crippen LogP contribution in [0, 0.1) is 20.8 Å². The lowest BCUT2D eigenvalue weighted by molar-refractivity contribution is 0.292. The van der Waals surface area contributed by atoms with Gasteiger partial charge in [-0.25, -0.2) is 4.98 Å². The second-order valence-electron chi connectivity index (χ2n) is 7.40. The third-order valence-electron chi connectivity index (χ3n) is 5.53. The third-order valence-corrected chi connectivity index (χ3v) is 6.40. The highest BCUT2D eigenvalue weighted by molar-refractivity contribution is 7.09. The van der Waals surface area contributed by atoms with Crippen LogP contribution in [-0.4, -0.2) is 24.7 Å². The molecular formula is C22H23N3O4S. The van der Waals surface area contributed by atoms with Crippen LogP contribution in [0.25, 0.3) is 11.0 Å². The van der Waals surface area contributed by atoms with Gasteiger partial charge in [-0.15, -0.1) is 0 Å². The van der Waals surface area contributed by atoms with E-state index in [1.54, 1.807) is 0 Å². The van der Waals surface area contributed by atoms with Gasteiger partial charge in [0.2, 0.25) is 5.88 Å². The fraction of sp³-hybridized carbons (Fsp3) is 0.273. The molecule has 4 rings (SSSR count). The van der Waals surface area contributed by atoms with Crippen molar-refractivity contribution in [1.29, 1.82) is 0 Å². The van der Waals surface area contributed by atoms with Crippen molar-refractivity contribution in [1.82, 2.24) is 14.5 Å². The average molecular weight is 426 g/mol. The molecule has 0 bridgehead atoms. The molecule has 2 heterocycles. The summed E-state index contributed by atoms with van der Waals surface area (Å²) in [5.74, 6) is 1.69. The number of aryl methyl sites for hydroxylation is 3. The summed E-state index contributed by atoms with van der Waals surface area (Å²) >= 11 is 1.01. The van der Waals surface area contributed by atoms with Gasteiger partial charge in [0.25, 0.3) is 0 Å². The third kappa shape index (κ3) is 3.43. The van der Waals surface area contributed by atoms with Crippen LogP contribution < -0.4 is 9.61 Å². The van der Waals surface area contributed by atoms with E-state index < -0.39 is 0 Å². The summed E-state index contributed by atoms with van der Waals surface area (Å²) in [5, 5.41) is 20.1. The molecule has 0 spiro atoms. The molecule has 156 valence electrons. The number of benzene rings is 2. The van der Waals surface area contributed by atoms with Gasteiger partial charge in [0.1, 0.15) is 23.9 Å². The Kier molecular flexibility index (Phi) is 5.03. The number of hydrogen-bond acceptors (Lipinski definition) is 6. The SMILES string of the molecule is Cc1c(O)c(C)c2nc(COc3ccc(Cc4sc(=O)[nH]c4O)cc3)n(C)c2c1C. The van der Waals surface area contributed by atoms with E-state index in [4.69, 9.17) is 9.72 Å². The van der Waals surface area contributed by atoms with Crippen molar-refractivity contribution in [3.63, 3.8) is 0 Å². The Morgan fingerprint density at radius 3 is 2.43 bits per heavy atom. The summed E-state index contributed by atoms with van der Waals surface area (Å²) in [6, 6.07) is 7.53. The van der Waals surface area contributed by atoms with Gasteiger partial charge in [-0.3, -0.25) is 9.78 Å². The molecule has 0 atom stereocenters. The zero-order chi connectivity index (χ0) is 21.6. The van der Waals surface area contributed by atoms with Crippen molar-refractivity contribution in [3.8, 4) is 17.4 Å². The number of aromatic nitrogens is 3. The highest BCUT2D eigenvalue weighted by Gasteiger charge is 2.18. The summed E-state index contributed by atoms with van der Waals surface area (Å²) in [7, 11) is 1.95. The van der Waals surface area contributed by atoms with Crippen LogP contribution in [0.3, 0.4) is 0 Å². The Morgan fingerprint density at radius 2 is 1.80 bits per heavy atom.